The zero-order valence-electron chi connectivity index (χ0n) is 23.2. The summed E-state index contributed by atoms with van der Waals surface area (Å²) in [5.74, 6) is -5.26. The van der Waals surface area contributed by atoms with Crippen molar-refractivity contribution in [2.24, 2.45) is 11.7 Å². The van der Waals surface area contributed by atoms with Gasteiger partial charge in [-0.15, -0.1) is 0 Å². The number of benzene rings is 2. The van der Waals surface area contributed by atoms with Crippen molar-refractivity contribution in [3.05, 3.63) is 84.0 Å². The number of ether oxygens (including phenoxy) is 1. The van der Waals surface area contributed by atoms with Crippen LogP contribution in [-0.2, 0) is 25.5 Å². The van der Waals surface area contributed by atoms with Gasteiger partial charge in [-0.1, -0.05) is 24.3 Å². The molecule has 0 radical (unpaired) electrons. The summed E-state index contributed by atoms with van der Waals surface area (Å²) in [5, 5.41) is 21.9. The number of carbonyl (C=O) groups is 4. The molecule has 12 heteroatoms. The van der Waals surface area contributed by atoms with E-state index >= 15 is 0 Å². The van der Waals surface area contributed by atoms with E-state index in [1.54, 1.807) is 44.2 Å². The predicted octanol–water partition coefficient (Wildman–Crippen LogP) is 2.71. The number of carbonyl (C=O) groups excluding carboxylic acids is 3. The minimum atomic E-state index is -1.39. The van der Waals surface area contributed by atoms with Gasteiger partial charge < -0.3 is 26.0 Å². The van der Waals surface area contributed by atoms with Crippen LogP contribution in [0.4, 0.5) is 4.39 Å². The van der Waals surface area contributed by atoms with Gasteiger partial charge in [-0.2, -0.15) is 0 Å². The first-order valence-corrected chi connectivity index (χ1v) is 13.2. The van der Waals surface area contributed by atoms with Gasteiger partial charge in [0.1, 0.15) is 17.6 Å². The van der Waals surface area contributed by atoms with Crippen LogP contribution >= 0.6 is 0 Å². The van der Waals surface area contributed by atoms with Crippen LogP contribution in [0.25, 0.3) is 11.0 Å². The van der Waals surface area contributed by atoms with Crippen molar-refractivity contribution < 1.29 is 38.5 Å². The van der Waals surface area contributed by atoms with Gasteiger partial charge >= 0.3 is 11.9 Å². The number of aromatic nitrogens is 2. The van der Waals surface area contributed by atoms with Crippen LogP contribution < -0.4 is 11.1 Å². The number of nitrogens with one attached hydrogen (secondary N) is 1. The summed E-state index contributed by atoms with van der Waals surface area (Å²) in [6.45, 7) is 3.13. The molecule has 0 bridgehead atoms. The maximum Gasteiger partial charge on any atom is 0.331 e. The van der Waals surface area contributed by atoms with Crippen LogP contribution in [0.2, 0.25) is 0 Å². The normalized spacial score (nSPS) is 13.8. The minimum absolute atomic E-state index is 0.0396. The Balaban J connectivity index is 1.99. The Bertz CT molecular complexity index is 1470. The number of para-hydroxylation sites is 2. The number of amides is 2. The second kappa shape index (κ2) is 14.3. The van der Waals surface area contributed by atoms with Crippen molar-refractivity contribution in [1.29, 1.82) is 0 Å². The highest BCUT2D eigenvalue weighted by Gasteiger charge is 2.33. The lowest BCUT2D eigenvalue weighted by Gasteiger charge is -2.30. The van der Waals surface area contributed by atoms with Gasteiger partial charge in [0.2, 0.25) is 5.91 Å². The van der Waals surface area contributed by atoms with Crippen LogP contribution in [0.15, 0.2) is 66.9 Å². The number of fused-ring (bicyclic) bond motifs is 1. The molecule has 0 saturated carbocycles. The molecule has 11 nitrogen and oxygen atoms in total. The molecule has 0 spiro atoms. The van der Waals surface area contributed by atoms with E-state index in [1.807, 2.05) is 0 Å². The van der Waals surface area contributed by atoms with Crippen molar-refractivity contribution in [2.75, 3.05) is 0 Å². The second-order valence-electron chi connectivity index (χ2n) is 10.5. The molecule has 3 unspecified atom stereocenters. The van der Waals surface area contributed by atoms with E-state index in [-0.39, 0.29) is 31.4 Å². The summed E-state index contributed by atoms with van der Waals surface area (Å²) in [6.07, 6.45) is 1.44. The molecule has 3 rings (SSSR count). The molecule has 5 N–H and O–H groups in total. The maximum atomic E-state index is 14.1. The largest absolute Gasteiger partial charge is 0.478 e. The Morgan fingerprint density at radius 2 is 1.81 bits per heavy atom. The average molecular weight is 581 g/mol. The number of rotatable bonds is 14. The lowest BCUT2D eigenvalue weighted by atomic mass is 9.87. The Labute approximate surface area is 241 Å². The van der Waals surface area contributed by atoms with Crippen LogP contribution in [0.5, 0.6) is 0 Å². The van der Waals surface area contributed by atoms with Gasteiger partial charge in [0.25, 0.3) is 5.91 Å². The maximum absolute atomic E-state index is 14.1. The Morgan fingerprint density at radius 3 is 2.45 bits per heavy atom. The van der Waals surface area contributed by atoms with Gasteiger partial charge in [0, 0.05) is 18.1 Å². The number of hydrogen-bond donors (Lipinski definition) is 4. The fourth-order valence-electron chi connectivity index (χ4n) is 4.31. The minimum Gasteiger partial charge on any atom is -0.478 e. The lowest BCUT2D eigenvalue weighted by Crippen LogP contribution is -2.48. The van der Waals surface area contributed by atoms with Gasteiger partial charge in [-0.25, -0.2) is 19.0 Å². The SMILES string of the molecule is CC(C)(O)CCC(CC(OC(=O)/C=C/C(=O)O)C(Cc1cccc(F)c1)NC(=O)c1cnc2ccccc2n1)C(N)=O. The van der Waals surface area contributed by atoms with Crippen LogP contribution in [0.1, 0.15) is 49.2 Å². The number of aliphatic carboxylic acids is 1. The number of nitrogens with zero attached hydrogens (tertiary/aromatic N) is 2. The molecule has 2 aromatic carbocycles. The number of carboxylic acids is 1. The molecule has 3 atom stereocenters. The summed E-state index contributed by atoms with van der Waals surface area (Å²) in [6, 6.07) is 11.5. The number of halogens is 1. The summed E-state index contributed by atoms with van der Waals surface area (Å²) < 4.78 is 19.6. The number of nitrogens with two attached hydrogens (primary N) is 1. The average Bonchev–Trinajstić information content (AvgIpc) is 2.92. The summed E-state index contributed by atoms with van der Waals surface area (Å²) in [5.41, 5.74) is 5.98. The van der Waals surface area contributed by atoms with Crippen LogP contribution in [-0.4, -0.2) is 61.7 Å². The zero-order valence-corrected chi connectivity index (χ0v) is 23.2. The molecule has 2 amide bonds. The van der Waals surface area contributed by atoms with Gasteiger partial charge in [-0.05, 0) is 69.4 Å². The topological polar surface area (TPSA) is 182 Å². The van der Waals surface area contributed by atoms with E-state index in [1.165, 1.54) is 24.4 Å². The molecule has 42 heavy (non-hydrogen) atoms. The van der Waals surface area contributed by atoms with E-state index in [2.05, 4.69) is 15.3 Å². The highest BCUT2D eigenvalue weighted by molar-refractivity contribution is 5.94. The summed E-state index contributed by atoms with van der Waals surface area (Å²) >= 11 is 0. The smallest absolute Gasteiger partial charge is 0.331 e. The molecule has 1 aromatic heterocycles. The number of hydrogen-bond acceptors (Lipinski definition) is 8. The van der Waals surface area contributed by atoms with Crippen LogP contribution in [0, 0.1) is 11.7 Å². The quantitative estimate of drug-likeness (QED) is 0.165. The van der Waals surface area contributed by atoms with Gasteiger partial charge in [0.05, 0.1) is 28.9 Å². The predicted molar refractivity (Wildman–Crippen MR) is 150 cm³/mol. The second-order valence-corrected chi connectivity index (χ2v) is 10.5. The Hall–Kier alpha value is -4.71. The first-order valence-electron chi connectivity index (χ1n) is 13.2. The van der Waals surface area contributed by atoms with Crippen molar-refractivity contribution in [3.63, 3.8) is 0 Å². The van der Waals surface area contributed by atoms with Crippen LogP contribution in [0.3, 0.4) is 0 Å². The first kappa shape index (κ1) is 31.8. The third-order valence-electron chi connectivity index (χ3n) is 6.44. The monoisotopic (exact) mass is 580 g/mol. The standard InChI is InChI=1S/C30H33FN4O7/c1-30(2,41)13-12-19(28(32)39)16-25(42-27(38)11-10-26(36)37)23(15-18-6-5-7-20(31)14-18)35-29(40)24-17-33-21-8-3-4-9-22(21)34-24/h3-11,14,17,19,23,25,41H,12-13,15-16H2,1-2H3,(H2,32,39)(H,35,40)(H,36,37)/b11-10+. The van der Waals surface area contributed by atoms with E-state index < -0.39 is 53.2 Å². The molecule has 3 aromatic rings. The highest BCUT2D eigenvalue weighted by Crippen LogP contribution is 2.24. The van der Waals surface area contributed by atoms with Crippen molar-refractivity contribution in [2.45, 2.75) is 57.3 Å². The number of carboxylic acid groups (broad SMARTS) is 1. The van der Waals surface area contributed by atoms with Crippen molar-refractivity contribution in [1.82, 2.24) is 15.3 Å². The fourth-order valence-corrected chi connectivity index (χ4v) is 4.31. The molecule has 222 valence electrons. The number of esters is 1. The molecule has 0 fully saturated rings. The number of primary amides is 1. The van der Waals surface area contributed by atoms with E-state index in [0.717, 1.165) is 0 Å². The van der Waals surface area contributed by atoms with Gasteiger partial charge in [-0.3, -0.25) is 14.6 Å². The van der Waals surface area contributed by atoms with E-state index in [0.29, 0.717) is 28.7 Å². The molecule has 1 heterocycles. The number of aliphatic hydroxyl groups is 1. The zero-order chi connectivity index (χ0) is 30.9. The lowest BCUT2D eigenvalue weighted by molar-refractivity contribution is -0.147. The third kappa shape index (κ3) is 10.0. The molecule has 0 aliphatic heterocycles. The van der Waals surface area contributed by atoms with E-state index in [9.17, 15) is 28.7 Å². The van der Waals surface area contributed by atoms with Gasteiger partial charge in [0.15, 0.2) is 0 Å². The molecular weight excluding hydrogens is 547 g/mol. The molecule has 0 aliphatic rings. The Morgan fingerprint density at radius 1 is 1.10 bits per heavy atom. The fraction of sp³-hybridized carbons (Fsp3) is 0.333. The molecule has 0 aliphatic carbocycles. The highest BCUT2D eigenvalue weighted by atomic mass is 19.1. The van der Waals surface area contributed by atoms with Crippen molar-refractivity contribution >= 4 is 34.8 Å². The van der Waals surface area contributed by atoms with Crippen molar-refractivity contribution in [3.8, 4) is 0 Å². The molecular formula is C30H33FN4O7. The summed E-state index contributed by atoms with van der Waals surface area (Å²) in [7, 11) is 0. The van der Waals surface area contributed by atoms with E-state index in [4.69, 9.17) is 15.6 Å². The summed E-state index contributed by atoms with van der Waals surface area (Å²) in [4.78, 5) is 58.0. The molecule has 0 saturated heterocycles. The first-order chi connectivity index (χ1) is 19.8. The Kier molecular flexibility index (Phi) is 10.8. The third-order valence-corrected chi connectivity index (χ3v) is 6.44.